The van der Waals surface area contributed by atoms with Crippen molar-refractivity contribution in [3.8, 4) is 11.3 Å². The Morgan fingerprint density at radius 3 is 2.80 bits per heavy atom. The molecule has 1 atom stereocenters. The molecule has 1 aliphatic rings. The maximum absolute atomic E-state index is 13.2. The molecule has 0 saturated carbocycles. The SMILES string of the molecule is CCC(=O)N1CC[C@@H](c2ccnc3ncc(-c4ccc(F)cc4)n23)C1. The third-order valence-electron chi connectivity index (χ3n) is 4.84. The van der Waals surface area contributed by atoms with Crippen LogP contribution in [-0.2, 0) is 4.79 Å². The lowest BCUT2D eigenvalue weighted by Gasteiger charge is -2.17. The highest BCUT2D eigenvalue weighted by molar-refractivity contribution is 5.76. The molecular formula is C19H19FN4O. The fraction of sp³-hybridized carbons (Fsp3) is 0.316. The van der Waals surface area contributed by atoms with Gasteiger partial charge in [0.2, 0.25) is 11.7 Å². The van der Waals surface area contributed by atoms with E-state index >= 15 is 0 Å². The van der Waals surface area contributed by atoms with Gasteiger partial charge in [0.05, 0.1) is 11.9 Å². The van der Waals surface area contributed by atoms with Crippen molar-refractivity contribution in [2.24, 2.45) is 0 Å². The zero-order chi connectivity index (χ0) is 17.4. The quantitative estimate of drug-likeness (QED) is 0.736. The molecule has 3 heterocycles. The molecule has 4 rings (SSSR count). The lowest BCUT2D eigenvalue weighted by Crippen LogP contribution is -2.27. The number of amides is 1. The zero-order valence-corrected chi connectivity index (χ0v) is 14.0. The smallest absolute Gasteiger partial charge is 0.234 e. The molecule has 1 aliphatic heterocycles. The van der Waals surface area contributed by atoms with Crippen LogP contribution >= 0.6 is 0 Å². The van der Waals surface area contributed by atoms with Crippen LogP contribution in [-0.4, -0.2) is 38.3 Å². The van der Waals surface area contributed by atoms with Crippen LogP contribution in [0.25, 0.3) is 17.0 Å². The molecule has 0 unspecified atom stereocenters. The monoisotopic (exact) mass is 338 g/mol. The van der Waals surface area contributed by atoms with Gasteiger partial charge in [0.1, 0.15) is 5.82 Å². The molecule has 0 radical (unpaired) electrons. The van der Waals surface area contributed by atoms with E-state index in [1.165, 1.54) is 12.1 Å². The van der Waals surface area contributed by atoms with Crippen molar-refractivity contribution in [3.63, 3.8) is 0 Å². The largest absolute Gasteiger partial charge is 0.342 e. The number of rotatable bonds is 3. The number of carbonyl (C=O) groups excluding carboxylic acids is 1. The van der Waals surface area contributed by atoms with Gasteiger partial charge in [-0.15, -0.1) is 0 Å². The molecule has 3 aromatic rings. The second-order valence-electron chi connectivity index (χ2n) is 6.33. The number of benzene rings is 1. The zero-order valence-electron chi connectivity index (χ0n) is 14.0. The fourth-order valence-corrected chi connectivity index (χ4v) is 3.54. The van der Waals surface area contributed by atoms with Crippen molar-refractivity contribution in [1.82, 2.24) is 19.3 Å². The number of hydrogen-bond donors (Lipinski definition) is 0. The molecule has 25 heavy (non-hydrogen) atoms. The van der Waals surface area contributed by atoms with Crippen molar-refractivity contribution in [2.75, 3.05) is 13.1 Å². The van der Waals surface area contributed by atoms with Gasteiger partial charge in [0.15, 0.2) is 0 Å². The maximum Gasteiger partial charge on any atom is 0.234 e. The van der Waals surface area contributed by atoms with Gasteiger partial charge in [-0.2, -0.15) is 0 Å². The molecule has 1 fully saturated rings. The van der Waals surface area contributed by atoms with E-state index in [4.69, 9.17) is 0 Å². The first-order valence-electron chi connectivity index (χ1n) is 8.53. The first-order valence-corrected chi connectivity index (χ1v) is 8.53. The molecule has 1 amide bonds. The normalized spacial score (nSPS) is 17.4. The summed E-state index contributed by atoms with van der Waals surface area (Å²) in [6.45, 7) is 3.39. The van der Waals surface area contributed by atoms with E-state index in [1.807, 2.05) is 22.3 Å². The Morgan fingerprint density at radius 1 is 1.24 bits per heavy atom. The van der Waals surface area contributed by atoms with Gasteiger partial charge in [-0.25, -0.2) is 14.4 Å². The summed E-state index contributed by atoms with van der Waals surface area (Å²) in [5.74, 6) is 0.795. The third-order valence-corrected chi connectivity index (χ3v) is 4.84. The second kappa shape index (κ2) is 6.27. The van der Waals surface area contributed by atoms with Crippen molar-refractivity contribution >= 4 is 11.7 Å². The third kappa shape index (κ3) is 2.77. The van der Waals surface area contributed by atoms with Crippen LogP contribution < -0.4 is 0 Å². The summed E-state index contributed by atoms with van der Waals surface area (Å²) in [4.78, 5) is 22.6. The highest BCUT2D eigenvalue weighted by Gasteiger charge is 2.28. The number of likely N-dealkylation sites (tertiary alicyclic amines) is 1. The maximum atomic E-state index is 13.2. The number of halogens is 1. The Morgan fingerprint density at radius 2 is 2.04 bits per heavy atom. The predicted octanol–water partition coefficient (Wildman–Crippen LogP) is 3.26. The summed E-state index contributed by atoms with van der Waals surface area (Å²) < 4.78 is 15.3. The van der Waals surface area contributed by atoms with E-state index < -0.39 is 0 Å². The molecule has 2 aromatic heterocycles. The summed E-state index contributed by atoms with van der Waals surface area (Å²) in [5.41, 5.74) is 2.87. The van der Waals surface area contributed by atoms with E-state index in [0.29, 0.717) is 18.7 Å². The molecule has 128 valence electrons. The van der Waals surface area contributed by atoms with Crippen molar-refractivity contribution < 1.29 is 9.18 Å². The lowest BCUT2D eigenvalue weighted by atomic mass is 10.0. The van der Waals surface area contributed by atoms with Crippen LogP contribution in [0.15, 0.2) is 42.7 Å². The minimum absolute atomic E-state index is 0.192. The van der Waals surface area contributed by atoms with Crippen LogP contribution in [0.2, 0.25) is 0 Å². The van der Waals surface area contributed by atoms with Crippen LogP contribution in [0.1, 0.15) is 31.4 Å². The molecule has 1 saturated heterocycles. The van der Waals surface area contributed by atoms with Crippen molar-refractivity contribution in [3.05, 3.63) is 54.2 Å². The van der Waals surface area contributed by atoms with E-state index in [-0.39, 0.29) is 17.6 Å². The summed E-state index contributed by atoms with van der Waals surface area (Å²) in [6.07, 6.45) is 4.98. The van der Waals surface area contributed by atoms with E-state index in [2.05, 4.69) is 9.97 Å². The first-order chi connectivity index (χ1) is 12.2. The molecule has 1 aromatic carbocycles. The number of aromatic nitrogens is 3. The van der Waals surface area contributed by atoms with Crippen LogP contribution in [0.3, 0.4) is 0 Å². The average Bonchev–Trinajstić information content (AvgIpc) is 3.29. The number of hydrogen-bond acceptors (Lipinski definition) is 3. The Kier molecular flexibility index (Phi) is 3.95. The molecule has 6 heteroatoms. The Hall–Kier alpha value is -2.76. The lowest BCUT2D eigenvalue weighted by molar-refractivity contribution is -0.129. The Bertz CT molecular complexity index is 919. The standard InChI is InChI=1S/C19H19FN4O/c1-2-18(25)23-10-8-14(12-23)16-7-9-21-19-22-11-17(24(16)19)13-3-5-15(20)6-4-13/h3-7,9,11,14H,2,8,10,12H2,1H3/t14-/m1/s1. The number of nitrogens with zero attached hydrogens (tertiary/aromatic N) is 4. The summed E-state index contributed by atoms with van der Waals surface area (Å²) in [5, 5.41) is 0. The van der Waals surface area contributed by atoms with Gasteiger partial charge in [-0.05, 0) is 36.8 Å². The van der Waals surface area contributed by atoms with Gasteiger partial charge in [0.25, 0.3) is 0 Å². The molecule has 0 bridgehead atoms. The molecule has 5 nitrogen and oxygen atoms in total. The Balaban J connectivity index is 1.76. The topological polar surface area (TPSA) is 50.5 Å². The number of fused-ring (bicyclic) bond motifs is 1. The second-order valence-corrected chi connectivity index (χ2v) is 6.33. The van der Waals surface area contributed by atoms with Gasteiger partial charge < -0.3 is 4.90 Å². The Labute approximate surface area is 145 Å². The van der Waals surface area contributed by atoms with Crippen LogP contribution in [0, 0.1) is 5.82 Å². The highest BCUT2D eigenvalue weighted by Crippen LogP contribution is 2.30. The number of carbonyl (C=O) groups is 1. The van der Waals surface area contributed by atoms with Gasteiger partial charge in [-0.1, -0.05) is 6.92 Å². The van der Waals surface area contributed by atoms with Crippen LogP contribution in [0.5, 0.6) is 0 Å². The summed E-state index contributed by atoms with van der Waals surface area (Å²) >= 11 is 0. The predicted molar refractivity (Wildman–Crippen MR) is 92.6 cm³/mol. The van der Waals surface area contributed by atoms with Crippen molar-refractivity contribution in [1.29, 1.82) is 0 Å². The average molecular weight is 338 g/mol. The van der Waals surface area contributed by atoms with Gasteiger partial charge in [0, 0.05) is 42.9 Å². The molecular weight excluding hydrogens is 319 g/mol. The van der Waals surface area contributed by atoms with Crippen molar-refractivity contribution in [2.45, 2.75) is 25.7 Å². The number of imidazole rings is 1. The minimum Gasteiger partial charge on any atom is -0.342 e. The fourth-order valence-electron chi connectivity index (χ4n) is 3.54. The molecule has 0 N–H and O–H groups in total. The summed E-state index contributed by atoms with van der Waals surface area (Å²) in [7, 11) is 0. The van der Waals surface area contributed by atoms with E-state index in [0.717, 1.165) is 29.9 Å². The minimum atomic E-state index is -0.263. The highest BCUT2D eigenvalue weighted by atomic mass is 19.1. The van der Waals surface area contributed by atoms with E-state index in [9.17, 15) is 9.18 Å². The summed E-state index contributed by atoms with van der Waals surface area (Å²) in [6, 6.07) is 8.38. The van der Waals surface area contributed by atoms with Gasteiger partial charge in [-0.3, -0.25) is 9.20 Å². The first kappa shape index (κ1) is 15.7. The molecule has 0 spiro atoms. The van der Waals surface area contributed by atoms with E-state index in [1.54, 1.807) is 24.5 Å². The molecule has 0 aliphatic carbocycles. The van der Waals surface area contributed by atoms with Gasteiger partial charge >= 0.3 is 0 Å². The van der Waals surface area contributed by atoms with Crippen LogP contribution in [0.4, 0.5) is 4.39 Å².